The average molecular weight is 410 g/mol. The molecule has 1 aliphatic rings. The lowest BCUT2D eigenvalue weighted by molar-refractivity contribution is -0.137. The van der Waals surface area contributed by atoms with E-state index in [4.69, 9.17) is 4.52 Å². The molecule has 156 valence electrons. The maximum Gasteiger partial charge on any atom is 0.416 e. The summed E-state index contributed by atoms with van der Waals surface area (Å²) in [7, 11) is 0. The zero-order chi connectivity index (χ0) is 21.4. The zero-order valence-electron chi connectivity index (χ0n) is 16.0. The molecule has 1 aromatic heterocycles. The quantitative estimate of drug-likeness (QED) is 0.790. The lowest BCUT2D eigenvalue weighted by Crippen LogP contribution is -2.39. The Hall–Kier alpha value is -2.68. The fraction of sp³-hybridized carbons (Fsp3) is 0.450. The predicted octanol–water partition coefficient (Wildman–Crippen LogP) is 3.27. The first-order valence-electron chi connectivity index (χ1n) is 9.12. The van der Waals surface area contributed by atoms with Crippen LogP contribution in [0.3, 0.4) is 0 Å². The van der Waals surface area contributed by atoms with Crippen LogP contribution in [0.15, 0.2) is 34.9 Å². The van der Waals surface area contributed by atoms with Gasteiger partial charge in [0.05, 0.1) is 30.3 Å². The SMILES string of the molecule is CC(C)(CO)c1cc(CC(=O)[C@@H]2CCC(=O)N2c2ccc(C(F)(F)F)cc2)no1. The Morgan fingerprint density at radius 1 is 1.28 bits per heavy atom. The zero-order valence-corrected chi connectivity index (χ0v) is 16.0. The van der Waals surface area contributed by atoms with Crippen LogP contribution in [0, 0.1) is 0 Å². The molecule has 2 aromatic rings. The van der Waals surface area contributed by atoms with Gasteiger partial charge >= 0.3 is 6.18 Å². The minimum atomic E-state index is -4.48. The topological polar surface area (TPSA) is 83.6 Å². The number of carbonyl (C=O) groups excluding carboxylic acids is 2. The van der Waals surface area contributed by atoms with Crippen LogP contribution in [0.2, 0.25) is 0 Å². The summed E-state index contributed by atoms with van der Waals surface area (Å²) < 4.78 is 43.5. The van der Waals surface area contributed by atoms with E-state index in [-0.39, 0.29) is 43.2 Å². The summed E-state index contributed by atoms with van der Waals surface area (Å²) >= 11 is 0. The fourth-order valence-corrected chi connectivity index (χ4v) is 3.21. The monoisotopic (exact) mass is 410 g/mol. The van der Waals surface area contributed by atoms with E-state index in [9.17, 15) is 27.9 Å². The van der Waals surface area contributed by atoms with Crippen LogP contribution in [-0.2, 0) is 27.6 Å². The first-order valence-corrected chi connectivity index (χ1v) is 9.12. The number of ketones is 1. The highest BCUT2D eigenvalue weighted by Crippen LogP contribution is 2.33. The molecule has 9 heteroatoms. The number of hydrogen-bond donors (Lipinski definition) is 1. The van der Waals surface area contributed by atoms with E-state index < -0.39 is 23.2 Å². The van der Waals surface area contributed by atoms with Crippen molar-refractivity contribution in [1.29, 1.82) is 0 Å². The number of hydrogen-bond acceptors (Lipinski definition) is 5. The van der Waals surface area contributed by atoms with Crippen LogP contribution < -0.4 is 4.90 Å². The third-order valence-electron chi connectivity index (χ3n) is 5.03. The van der Waals surface area contributed by atoms with Gasteiger partial charge in [0.15, 0.2) is 5.78 Å². The summed E-state index contributed by atoms with van der Waals surface area (Å²) in [6, 6.07) is 5.00. The Bertz CT molecular complexity index is 903. The molecular formula is C20H21F3N2O4. The number of aliphatic hydroxyl groups excluding tert-OH is 1. The summed E-state index contributed by atoms with van der Waals surface area (Å²) in [4.78, 5) is 26.3. The summed E-state index contributed by atoms with van der Waals surface area (Å²) in [5, 5.41) is 13.3. The molecule has 1 aromatic carbocycles. The van der Waals surface area contributed by atoms with Crippen LogP contribution in [0.25, 0.3) is 0 Å². The molecule has 0 saturated carbocycles. The molecule has 3 rings (SSSR count). The molecule has 0 spiro atoms. The Kier molecular flexibility index (Phi) is 5.53. The number of anilines is 1. The van der Waals surface area contributed by atoms with Gasteiger partial charge in [0.1, 0.15) is 5.76 Å². The van der Waals surface area contributed by atoms with Gasteiger partial charge in [-0.25, -0.2) is 0 Å². The summed E-state index contributed by atoms with van der Waals surface area (Å²) in [5.41, 5.74) is -0.846. The van der Waals surface area contributed by atoms with Gasteiger partial charge in [-0.2, -0.15) is 13.2 Å². The van der Waals surface area contributed by atoms with Crippen molar-refractivity contribution in [1.82, 2.24) is 5.16 Å². The van der Waals surface area contributed by atoms with Crippen molar-refractivity contribution in [2.75, 3.05) is 11.5 Å². The number of amides is 1. The minimum Gasteiger partial charge on any atom is -0.395 e. The van der Waals surface area contributed by atoms with Crippen molar-refractivity contribution in [3.05, 3.63) is 47.3 Å². The van der Waals surface area contributed by atoms with E-state index in [1.54, 1.807) is 19.9 Å². The molecule has 1 amide bonds. The Labute approximate surface area is 165 Å². The number of aromatic nitrogens is 1. The van der Waals surface area contributed by atoms with Crippen LogP contribution in [0.4, 0.5) is 18.9 Å². The molecule has 1 atom stereocenters. The van der Waals surface area contributed by atoms with Gasteiger partial charge in [-0.3, -0.25) is 9.59 Å². The van der Waals surface area contributed by atoms with Crippen LogP contribution >= 0.6 is 0 Å². The summed E-state index contributed by atoms with van der Waals surface area (Å²) in [6.45, 7) is 3.37. The Morgan fingerprint density at radius 2 is 1.93 bits per heavy atom. The van der Waals surface area contributed by atoms with Crippen molar-refractivity contribution in [3.63, 3.8) is 0 Å². The number of aliphatic hydroxyl groups is 1. The number of halogens is 3. The fourth-order valence-electron chi connectivity index (χ4n) is 3.21. The number of Topliss-reactive ketones (excluding diaryl/α,β-unsaturated/α-hetero) is 1. The number of benzene rings is 1. The van der Waals surface area contributed by atoms with Gasteiger partial charge in [0, 0.05) is 23.6 Å². The van der Waals surface area contributed by atoms with Crippen molar-refractivity contribution >= 4 is 17.4 Å². The highest BCUT2D eigenvalue weighted by atomic mass is 19.4. The van der Waals surface area contributed by atoms with Crippen molar-refractivity contribution < 1.29 is 32.4 Å². The number of rotatable bonds is 6. The summed E-state index contributed by atoms with van der Waals surface area (Å²) in [5.74, 6) is -0.160. The molecule has 6 nitrogen and oxygen atoms in total. The molecule has 0 radical (unpaired) electrons. The smallest absolute Gasteiger partial charge is 0.395 e. The van der Waals surface area contributed by atoms with E-state index in [2.05, 4.69) is 5.16 Å². The van der Waals surface area contributed by atoms with E-state index in [1.807, 2.05) is 0 Å². The lowest BCUT2D eigenvalue weighted by Gasteiger charge is -2.24. The molecule has 0 aliphatic carbocycles. The van der Waals surface area contributed by atoms with Crippen LogP contribution in [0.5, 0.6) is 0 Å². The van der Waals surface area contributed by atoms with Gasteiger partial charge in [0.25, 0.3) is 0 Å². The molecule has 29 heavy (non-hydrogen) atoms. The number of carbonyl (C=O) groups is 2. The normalized spacial score (nSPS) is 17.8. The number of alkyl halides is 3. The third-order valence-corrected chi connectivity index (χ3v) is 5.03. The highest BCUT2D eigenvalue weighted by Gasteiger charge is 2.38. The molecule has 1 aliphatic heterocycles. The van der Waals surface area contributed by atoms with Gasteiger partial charge in [-0.15, -0.1) is 0 Å². The maximum absolute atomic E-state index is 12.8. The molecule has 2 heterocycles. The average Bonchev–Trinajstić information content (AvgIpc) is 3.28. The second-order valence-corrected chi connectivity index (χ2v) is 7.73. The highest BCUT2D eigenvalue weighted by molar-refractivity contribution is 6.04. The summed E-state index contributed by atoms with van der Waals surface area (Å²) in [6.07, 6.45) is -4.14. The molecule has 0 bridgehead atoms. The molecule has 0 unspecified atom stereocenters. The van der Waals surface area contributed by atoms with Gasteiger partial charge in [-0.05, 0) is 30.7 Å². The van der Waals surface area contributed by atoms with Crippen LogP contribution in [0.1, 0.15) is 43.7 Å². The largest absolute Gasteiger partial charge is 0.416 e. The lowest BCUT2D eigenvalue weighted by atomic mass is 9.91. The van der Waals surface area contributed by atoms with E-state index in [0.29, 0.717) is 11.5 Å². The van der Waals surface area contributed by atoms with E-state index in [1.165, 1.54) is 17.0 Å². The molecular weight excluding hydrogens is 389 g/mol. The van der Waals surface area contributed by atoms with Gasteiger partial charge in [-0.1, -0.05) is 19.0 Å². The maximum atomic E-state index is 12.8. The van der Waals surface area contributed by atoms with Gasteiger partial charge in [0.2, 0.25) is 5.91 Å². The Balaban J connectivity index is 1.77. The third kappa shape index (κ3) is 4.34. The number of nitrogens with zero attached hydrogens (tertiary/aromatic N) is 2. The molecule has 1 fully saturated rings. The Morgan fingerprint density at radius 3 is 2.52 bits per heavy atom. The molecule has 1 N–H and O–H groups in total. The predicted molar refractivity (Wildman–Crippen MR) is 97.3 cm³/mol. The second kappa shape index (κ2) is 7.62. The molecule has 1 saturated heterocycles. The van der Waals surface area contributed by atoms with Crippen LogP contribution in [-0.4, -0.2) is 34.6 Å². The first kappa shape index (κ1) is 21.0. The minimum absolute atomic E-state index is 0.0832. The van der Waals surface area contributed by atoms with Gasteiger partial charge < -0.3 is 14.5 Å². The standard InChI is InChI=1S/C20H21F3N2O4/c1-19(2,11-26)17-10-13(24-29-17)9-16(27)15-7-8-18(28)25(15)14-5-3-12(4-6-14)20(21,22)23/h3-6,10,15,26H,7-9,11H2,1-2H3/t15-/m0/s1. The van der Waals surface area contributed by atoms with Crippen molar-refractivity contribution in [2.24, 2.45) is 0 Å². The van der Waals surface area contributed by atoms with Crippen molar-refractivity contribution in [2.45, 2.75) is 50.7 Å². The second-order valence-electron chi connectivity index (χ2n) is 7.73. The van der Waals surface area contributed by atoms with Crippen molar-refractivity contribution in [3.8, 4) is 0 Å². The van der Waals surface area contributed by atoms with E-state index >= 15 is 0 Å². The first-order chi connectivity index (χ1) is 13.5. The van der Waals surface area contributed by atoms with E-state index in [0.717, 1.165) is 12.1 Å².